The summed E-state index contributed by atoms with van der Waals surface area (Å²) in [5.41, 5.74) is 0.861. The van der Waals surface area contributed by atoms with Gasteiger partial charge in [-0.2, -0.15) is 0 Å². The molecule has 0 saturated carbocycles. The van der Waals surface area contributed by atoms with Gasteiger partial charge in [0.2, 0.25) is 11.8 Å². The first-order chi connectivity index (χ1) is 11.7. The van der Waals surface area contributed by atoms with Gasteiger partial charge in [-0.05, 0) is 37.9 Å². The van der Waals surface area contributed by atoms with Crippen molar-refractivity contribution in [2.75, 3.05) is 30.3 Å². The Morgan fingerprint density at radius 2 is 2.08 bits per heavy atom. The van der Waals surface area contributed by atoms with E-state index in [1.807, 2.05) is 24.3 Å². The molecule has 0 aliphatic carbocycles. The van der Waals surface area contributed by atoms with Gasteiger partial charge >= 0.3 is 0 Å². The molecule has 3 heterocycles. The van der Waals surface area contributed by atoms with Crippen molar-refractivity contribution in [1.82, 2.24) is 10.2 Å². The molecule has 3 aliphatic heterocycles. The van der Waals surface area contributed by atoms with E-state index in [2.05, 4.69) is 10.2 Å². The summed E-state index contributed by atoms with van der Waals surface area (Å²) in [6.45, 7) is 2.36. The topological polar surface area (TPSA) is 52.7 Å². The molecule has 0 radical (unpaired) electrons. The number of hydrogen-bond donors (Lipinski definition) is 1. The zero-order valence-electron chi connectivity index (χ0n) is 13.7. The molecular formula is C18H23N3O2S. The number of anilines is 1. The van der Waals surface area contributed by atoms with E-state index < -0.39 is 0 Å². The fourth-order valence-electron chi connectivity index (χ4n) is 4.14. The van der Waals surface area contributed by atoms with E-state index in [1.54, 1.807) is 16.7 Å². The summed E-state index contributed by atoms with van der Waals surface area (Å²) in [7, 11) is 0. The molecule has 2 amide bonds. The summed E-state index contributed by atoms with van der Waals surface area (Å²) in [6.07, 6.45) is 4.72. The Kier molecular flexibility index (Phi) is 4.50. The van der Waals surface area contributed by atoms with E-state index in [9.17, 15) is 9.59 Å². The van der Waals surface area contributed by atoms with Gasteiger partial charge in [-0.1, -0.05) is 18.6 Å². The highest BCUT2D eigenvalue weighted by atomic mass is 32.2. The molecule has 128 valence electrons. The summed E-state index contributed by atoms with van der Waals surface area (Å²) in [6, 6.07) is 8.54. The first kappa shape index (κ1) is 16.0. The fourth-order valence-corrected chi connectivity index (χ4v) is 5.07. The number of nitrogens with one attached hydrogen (secondary N) is 1. The van der Waals surface area contributed by atoms with Crippen LogP contribution in [0.2, 0.25) is 0 Å². The highest BCUT2D eigenvalue weighted by molar-refractivity contribution is 8.00. The summed E-state index contributed by atoms with van der Waals surface area (Å²) in [5.74, 6) is 0.381. The second-order valence-corrected chi connectivity index (χ2v) is 7.82. The van der Waals surface area contributed by atoms with Gasteiger partial charge < -0.3 is 10.2 Å². The lowest BCUT2D eigenvalue weighted by atomic mass is 9.99. The van der Waals surface area contributed by atoms with E-state index in [0.717, 1.165) is 30.1 Å². The van der Waals surface area contributed by atoms with E-state index in [4.69, 9.17) is 0 Å². The molecule has 0 spiro atoms. The van der Waals surface area contributed by atoms with Crippen LogP contribution in [0.3, 0.4) is 0 Å². The van der Waals surface area contributed by atoms with Crippen molar-refractivity contribution in [2.45, 2.75) is 42.7 Å². The van der Waals surface area contributed by atoms with Crippen LogP contribution in [0.15, 0.2) is 29.2 Å². The molecule has 2 unspecified atom stereocenters. The average Bonchev–Trinajstić information content (AvgIpc) is 3.01. The van der Waals surface area contributed by atoms with Gasteiger partial charge in [-0.25, -0.2) is 0 Å². The van der Waals surface area contributed by atoms with E-state index in [1.165, 1.54) is 19.3 Å². The number of fused-ring (bicyclic) bond motifs is 2. The largest absolute Gasteiger partial charge is 0.350 e. The monoisotopic (exact) mass is 345 g/mol. The van der Waals surface area contributed by atoms with E-state index in [-0.39, 0.29) is 24.4 Å². The molecule has 4 rings (SSSR count). The number of carbonyl (C=O) groups is 2. The highest BCUT2D eigenvalue weighted by Crippen LogP contribution is 2.34. The Labute approximate surface area is 146 Å². The average molecular weight is 345 g/mol. The Balaban J connectivity index is 1.42. The zero-order valence-corrected chi connectivity index (χ0v) is 14.6. The van der Waals surface area contributed by atoms with Crippen LogP contribution in [-0.4, -0.2) is 54.2 Å². The molecule has 2 atom stereocenters. The first-order valence-electron chi connectivity index (χ1n) is 8.78. The minimum absolute atomic E-state index is 0.0135. The minimum atomic E-state index is -0.0394. The minimum Gasteiger partial charge on any atom is -0.350 e. The normalized spacial score (nSPS) is 26.8. The van der Waals surface area contributed by atoms with Crippen LogP contribution in [0, 0.1) is 0 Å². The summed E-state index contributed by atoms with van der Waals surface area (Å²) >= 11 is 1.55. The third kappa shape index (κ3) is 3.05. The zero-order chi connectivity index (χ0) is 16.5. The Morgan fingerprint density at radius 3 is 3.00 bits per heavy atom. The van der Waals surface area contributed by atoms with Crippen LogP contribution in [0.5, 0.6) is 0 Å². The molecule has 3 aliphatic rings. The van der Waals surface area contributed by atoms with Crippen LogP contribution < -0.4 is 10.2 Å². The number of thioether (sulfide) groups is 1. The van der Waals surface area contributed by atoms with Gasteiger partial charge in [0.05, 0.1) is 11.4 Å². The SMILES string of the molecule is O=C(CN1C(=O)CSc2ccccc21)NC1CCN2CCCCC12. The van der Waals surface area contributed by atoms with Crippen LogP contribution in [0.25, 0.3) is 0 Å². The molecule has 5 nitrogen and oxygen atoms in total. The molecule has 0 aromatic heterocycles. The smallest absolute Gasteiger partial charge is 0.240 e. The Hall–Kier alpha value is -1.53. The molecule has 0 bridgehead atoms. The van der Waals surface area contributed by atoms with Gasteiger partial charge in [0.25, 0.3) is 0 Å². The number of amides is 2. The van der Waals surface area contributed by atoms with Gasteiger partial charge in [0.1, 0.15) is 6.54 Å². The third-order valence-electron chi connectivity index (χ3n) is 5.31. The lowest BCUT2D eigenvalue weighted by Gasteiger charge is -2.33. The first-order valence-corrected chi connectivity index (χ1v) is 9.76. The number of nitrogens with zero attached hydrogens (tertiary/aromatic N) is 2. The van der Waals surface area contributed by atoms with E-state index >= 15 is 0 Å². The standard InChI is InChI=1S/C18H23N3O2S/c22-17(19-13-8-10-20-9-4-3-5-14(13)20)11-21-15-6-1-2-7-16(15)24-12-18(21)23/h1-2,6-7,13-14H,3-5,8-12H2,(H,19,22). The van der Waals surface area contributed by atoms with Gasteiger partial charge in [-0.3, -0.25) is 14.5 Å². The van der Waals surface area contributed by atoms with Crippen molar-refractivity contribution in [3.05, 3.63) is 24.3 Å². The second-order valence-electron chi connectivity index (χ2n) is 6.80. The molecule has 1 N–H and O–H groups in total. The highest BCUT2D eigenvalue weighted by Gasteiger charge is 2.36. The molecular weight excluding hydrogens is 322 g/mol. The number of hydrogen-bond acceptors (Lipinski definition) is 4. The third-order valence-corrected chi connectivity index (χ3v) is 6.36. The van der Waals surface area contributed by atoms with Gasteiger partial charge in [0, 0.05) is 23.5 Å². The van der Waals surface area contributed by atoms with Crippen molar-refractivity contribution in [3.63, 3.8) is 0 Å². The quantitative estimate of drug-likeness (QED) is 0.909. The van der Waals surface area contributed by atoms with Crippen molar-refractivity contribution in [3.8, 4) is 0 Å². The van der Waals surface area contributed by atoms with Crippen molar-refractivity contribution >= 4 is 29.3 Å². The predicted molar refractivity (Wildman–Crippen MR) is 95.3 cm³/mol. The molecule has 1 aromatic rings. The molecule has 2 saturated heterocycles. The molecule has 1 aromatic carbocycles. The van der Waals surface area contributed by atoms with Crippen molar-refractivity contribution in [2.24, 2.45) is 0 Å². The Bertz CT molecular complexity index is 651. The number of benzene rings is 1. The number of carbonyl (C=O) groups excluding carboxylic acids is 2. The molecule has 24 heavy (non-hydrogen) atoms. The maximum Gasteiger partial charge on any atom is 0.240 e. The van der Waals surface area contributed by atoms with Crippen LogP contribution in [0.1, 0.15) is 25.7 Å². The number of piperidine rings is 1. The van der Waals surface area contributed by atoms with E-state index in [0.29, 0.717) is 11.8 Å². The number of rotatable bonds is 3. The summed E-state index contributed by atoms with van der Waals surface area (Å²) < 4.78 is 0. The lowest BCUT2D eigenvalue weighted by Crippen LogP contribution is -2.50. The summed E-state index contributed by atoms with van der Waals surface area (Å²) in [5, 5.41) is 3.20. The summed E-state index contributed by atoms with van der Waals surface area (Å²) in [4.78, 5) is 30.1. The lowest BCUT2D eigenvalue weighted by molar-refractivity contribution is -0.123. The van der Waals surface area contributed by atoms with Crippen molar-refractivity contribution < 1.29 is 9.59 Å². The maximum absolute atomic E-state index is 12.6. The van der Waals surface area contributed by atoms with Gasteiger partial charge in [0.15, 0.2) is 0 Å². The van der Waals surface area contributed by atoms with Crippen LogP contribution >= 0.6 is 11.8 Å². The molecule has 2 fully saturated rings. The fraction of sp³-hybridized carbons (Fsp3) is 0.556. The Morgan fingerprint density at radius 1 is 1.21 bits per heavy atom. The molecule has 6 heteroatoms. The van der Waals surface area contributed by atoms with Crippen molar-refractivity contribution in [1.29, 1.82) is 0 Å². The van der Waals surface area contributed by atoms with Crippen LogP contribution in [0.4, 0.5) is 5.69 Å². The second kappa shape index (κ2) is 6.76. The van der Waals surface area contributed by atoms with Crippen LogP contribution in [-0.2, 0) is 9.59 Å². The maximum atomic E-state index is 12.6. The predicted octanol–water partition coefficient (Wildman–Crippen LogP) is 1.87. The van der Waals surface area contributed by atoms with Gasteiger partial charge in [-0.15, -0.1) is 11.8 Å². The number of para-hydroxylation sites is 1.